The molecule has 0 aliphatic carbocycles. The Kier molecular flexibility index (Phi) is 2.91. The number of hydrogen-bond acceptors (Lipinski definition) is 2. The fraction of sp³-hybridized carbons (Fsp3) is 0.333. The van der Waals surface area contributed by atoms with E-state index >= 15 is 0 Å². The number of hydrogen-bond donors (Lipinski definition) is 1. The summed E-state index contributed by atoms with van der Waals surface area (Å²) in [6.45, 7) is 3.30. The van der Waals surface area contributed by atoms with Crippen molar-refractivity contribution in [3.63, 3.8) is 0 Å². The molecule has 0 aliphatic rings. The maximum absolute atomic E-state index is 13.3. The Balaban J connectivity index is 3.28. The van der Waals surface area contributed by atoms with Gasteiger partial charge in [0.05, 0.1) is 0 Å². The quantitative estimate of drug-likeness (QED) is 0.750. The Labute approximate surface area is 81.4 Å². The lowest BCUT2D eigenvalue weighted by atomic mass is 9.98. The average molecular weight is 204 g/mol. The largest absolute Gasteiger partial charge is 0.294 e. The minimum absolute atomic E-state index is 0.277. The van der Waals surface area contributed by atoms with Gasteiger partial charge in [-0.1, -0.05) is 17.7 Å². The van der Waals surface area contributed by atoms with E-state index in [4.69, 9.17) is 17.5 Å². The van der Waals surface area contributed by atoms with Crippen molar-refractivity contribution in [1.82, 2.24) is 0 Å². The first-order chi connectivity index (χ1) is 5.99. The average Bonchev–Trinajstić information content (AvgIpc) is 2.03. The molecule has 0 fully saturated rings. The Bertz CT molecular complexity index is 294. The van der Waals surface area contributed by atoms with E-state index in [-0.39, 0.29) is 5.56 Å². The highest BCUT2D eigenvalue weighted by molar-refractivity contribution is 6.31. The van der Waals surface area contributed by atoms with E-state index in [1.165, 1.54) is 12.1 Å². The molecule has 13 heavy (non-hydrogen) atoms. The summed E-state index contributed by atoms with van der Waals surface area (Å²) < 4.78 is 13.3. The summed E-state index contributed by atoms with van der Waals surface area (Å²) in [5.74, 6) is 4.64. The molecule has 0 atom stereocenters. The van der Waals surface area contributed by atoms with Crippen LogP contribution in [-0.4, -0.2) is 0 Å². The van der Waals surface area contributed by atoms with Gasteiger partial charge in [0, 0.05) is 10.6 Å². The summed E-state index contributed by atoms with van der Waals surface area (Å²) in [6, 6.07) is 4.45. The molecule has 0 saturated carbocycles. The summed E-state index contributed by atoms with van der Waals surface area (Å²) in [7, 11) is 0. The molecule has 2 N–H and O–H groups in total. The molecule has 0 unspecified atom stereocenters. The molecular formula is C9H11ClFNO. The van der Waals surface area contributed by atoms with Gasteiger partial charge in [0.25, 0.3) is 0 Å². The first kappa shape index (κ1) is 10.4. The van der Waals surface area contributed by atoms with Crippen LogP contribution in [0.2, 0.25) is 5.02 Å². The van der Waals surface area contributed by atoms with E-state index in [0.29, 0.717) is 5.02 Å². The van der Waals surface area contributed by atoms with Gasteiger partial charge in [0.1, 0.15) is 11.4 Å². The van der Waals surface area contributed by atoms with Crippen molar-refractivity contribution in [1.29, 1.82) is 0 Å². The third kappa shape index (κ3) is 1.99. The zero-order valence-electron chi connectivity index (χ0n) is 7.47. The van der Waals surface area contributed by atoms with Crippen molar-refractivity contribution in [3.8, 4) is 0 Å². The molecular weight excluding hydrogens is 193 g/mol. The molecule has 0 amide bonds. The van der Waals surface area contributed by atoms with Gasteiger partial charge in [0.15, 0.2) is 0 Å². The smallest absolute Gasteiger partial charge is 0.130 e. The molecule has 0 bridgehead atoms. The lowest BCUT2D eigenvalue weighted by Crippen LogP contribution is -2.27. The lowest BCUT2D eigenvalue weighted by Gasteiger charge is -2.23. The van der Waals surface area contributed by atoms with E-state index in [0.717, 1.165) is 0 Å². The van der Waals surface area contributed by atoms with E-state index in [1.807, 2.05) is 0 Å². The van der Waals surface area contributed by atoms with Crippen LogP contribution in [0, 0.1) is 5.82 Å². The van der Waals surface area contributed by atoms with Gasteiger partial charge in [-0.15, -0.1) is 0 Å². The Hall–Kier alpha value is -0.640. The van der Waals surface area contributed by atoms with Crippen LogP contribution >= 0.6 is 11.6 Å². The number of halogens is 2. The predicted octanol–water partition coefficient (Wildman–Crippen LogP) is 2.60. The Morgan fingerprint density at radius 1 is 1.46 bits per heavy atom. The van der Waals surface area contributed by atoms with E-state index in [9.17, 15) is 4.39 Å². The summed E-state index contributed by atoms with van der Waals surface area (Å²) in [5.41, 5.74) is -0.637. The molecule has 1 rings (SSSR count). The molecule has 2 nitrogen and oxygen atoms in total. The third-order valence-corrected chi connectivity index (χ3v) is 2.17. The second-order valence-corrected chi connectivity index (χ2v) is 3.63. The van der Waals surface area contributed by atoms with Crippen LogP contribution in [0.3, 0.4) is 0 Å². The van der Waals surface area contributed by atoms with Crippen LogP contribution in [0.4, 0.5) is 4.39 Å². The summed E-state index contributed by atoms with van der Waals surface area (Å²) >= 11 is 5.82. The van der Waals surface area contributed by atoms with E-state index < -0.39 is 11.4 Å². The first-order valence-corrected chi connectivity index (χ1v) is 4.19. The van der Waals surface area contributed by atoms with Crippen molar-refractivity contribution in [2.45, 2.75) is 19.4 Å². The highest BCUT2D eigenvalue weighted by Crippen LogP contribution is 2.31. The van der Waals surface area contributed by atoms with Crippen LogP contribution in [0.5, 0.6) is 0 Å². The standard InChI is InChI=1S/C9H11ClFNO/c1-9(2,13-12)8-6(10)4-3-5-7(8)11/h3-5H,12H2,1-2H3. The van der Waals surface area contributed by atoms with Gasteiger partial charge in [-0.3, -0.25) is 4.84 Å². The lowest BCUT2D eigenvalue weighted by molar-refractivity contribution is -0.0259. The van der Waals surface area contributed by atoms with Gasteiger partial charge in [-0.05, 0) is 26.0 Å². The van der Waals surface area contributed by atoms with Crippen molar-refractivity contribution in [3.05, 3.63) is 34.6 Å². The van der Waals surface area contributed by atoms with Gasteiger partial charge in [0.2, 0.25) is 0 Å². The van der Waals surface area contributed by atoms with Gasteiger partial charge in [-0.25, -0.2) is 10.3 Å². The number of rotatable bonds is 2. The van der Waals surface area contributed by atoms with E-state index in [1.54, 1.807) is 19.9 Å². The molecule has 72 valence electrons. The minimum atomic E-state index is -0.914. The first-order valence-electron chi connectivity index (χ1n) is 3.81. The van der Waals surface area contributed by atoms with Crippen molar-refractivity contribution < 1.29 is 9.23 Å². The second-order valence-electron chi connectivity index (χ2n) is 3.22. The fourth-order valence-corrected chi connectivity index (χ4v) is 1.52. The SMILES string of the molecule is CC(C)(ON)c1c(F)cccc1Cl. The van der Waals surface area contributed by atoms with Crippen LogP contribution < -0.4 is 5.90 Å². The highest BCUT2D eigenvalue weighted by atomic mass is 35.5. The van der Waals surface area contributed by atoms with Crippen LogP contribution in [-0.2, 0) is 10.4 Å². The normalized spacial score (nSPS) is 11.8. The van der Waals surface area contributed by atoms with Crippen molar-refractivity contribution in [2.24, 2.45) is 5.90 Å². The monoisotopic (exact) mass is 203 g/mol. The molecule has 0 saturated heterocycles. The zero-order chi connectivity index (χ0) is 10.1. The number of nitrogens with two attached hydrogens (primary N) is 1. The van der Waals surface area contributed by atoms with Crippen LogP contribution in [0.15, 0.2) is 18.2 Å². The predicted molar refractivity (Wildman–Crippen MR) is 49.7 cm³/mol. The Morgan fingerprint density at radius 3 is 2.54 bits per heavy atom. The molecule has 1 aromatic rings. The maximum atomic E-state index is 13.3. The second kappa shape index (κ2) is 3.62. The Morgan fingerprint density at radius 2 is 2.08 bits per heavy atom. The fourth-order valence-electron chi connectivity index (χ4n) is 1.13. The summed E-state index contributed by atoms with van der Waals surface area (Å²) in [6.07, 6.45) is 0. The van der Waals surface area contributed by atoms with Crippen LogP contribution in [0.25, 0.3) is 0 Å². The molecule has 0 radical (unpaired) electrons. The van der Waals surface area contributed by atoms with Crippen molar-refractivity contribution >= 4 is 11.6 Å². The molecule has 0 aromatic heterocycles. The third-order valence-electron chi connectivity index (χ3n) is 1.86. The molecule has 1 aromatic carbocycles. The minimum Gasteiger partial charge on any atom is -0.294 e. The molecule has 0 heterocycles. The summed E-state index contributed by atoms with van der Waals surface area (Å²) in [5, 5.41) is 0.315. The molecule has 0 aliphatic heterocycles. The molecule has 0 spiro atoms. The van der Waals surface area contributed by atoms with Gasteiger partial charge in [-0.2, -0.15) is 0 Å². The summed E-state index contributed by atoms with van der Waals surface area (Å²) in [4.78, 5) is 4.66. The van der Waals surface area contributed by atoms with E-state index in [2.05, 4.69) is 4.84 Å². The maximum Gasteiger partial charge on any atom is 0.130 e. The van der Waals surface area contributed by atoms with Gasteiger partial charge < -0.3 is 0 Å². The molecule has 4 heteroatoms. The highest BCUT2D eigenvalue weighted by Gasteiger charge is 2.26. The van der Waals surface area contributed by atoms with Crippen LogP contribution in [0.1, 0.15) is 19.4 Å². The van der Waals surface area contributed by atoms with Crippen molar-refractivity contribution in [2.75, 3.05) is 0 Å². The van der Waals surface area contributed by atoms with Gasteiger partial charge >= 0.3 is 0 Å². The number of benzene rings is 1. The topological polar surface area (TPSA) is 35.2 Å². The zero-order valence-corrected chi connectivity index (χ0v) is 8.23.